The van der Waals surface area contributed by atoms with E-state index < -0.39 is 11.7 Å². The van der Waals surface area contributed by atoms with E-state index in [0.29, 0.717) is 35.8 Å². The highest BCUT2D eigenvalue weighted by Crippen LogP contribution is 2.34. The van der Waals surface area contributed by atoms with Crippen LogP contribution in [0.3, 0.4) is 0 Å². The second-order valence-corrected chi connectivity index (χ2v) is 8.55. The lowest BCUT2D eigenvalue weighted by atomic mass is 10.2. The lowest BCUT2D eigenvalue weighted by molar-refractivity contribution is 0.266. The minimum Gasteiger partial charge on any atom is -0.494 e. The highest BCUT2D eigenvalue weighted by atomic mass is 19.1. The maximum atomic E-state index is 15.7. The molecule has 36 heavy (non-hydrogen) atoms. The molecule has 0 saturated heterocycles. The van der Waals surface area contributed by atoms with Crippen LogP contribution in [0.15, 0.2) is 65.7 Å². The van der Waals surface area contributed by atoms with Gasteiger partial charge in [0.05, 0.1) is 38.0 Å². The summed E-state index contributed by atoms with van der Waals surface area (Å²) in [5.41, 5.74) is 2.43. The van der Waals surface area contributed by atoms with Crippen molar-refractivity contribution in [3.63, 3.8) is 0 Å². The average molecular weight is 498 g/mol. The summed E-state index contributed by atoms with van der Waals surface area (Å²) < 4.78 is 42.7. The molecule has 0 amide bonds. The van der Waals surface area contributed by atoms with Gasteiger partial charge in [-0.15, -0.1) is 0 Å². The summed E-state index contributed by atoms with van der Waals surface area (Å²) in [7, 11) is 4.47. The molecule has 1 N–H and O–H groups in total. The number of allylic oxidation sites excluding steroid dienone is 3. The van der Waals surface area contributed by atoms with E-state index in [1.165, 1.54) is 20.3 Å². The van der Waals surface area contributed by atoms with Crippen LogP contribution in [-0.4, -0.2) is 58.1 Å². The molecule has 4 rings (SSSR count). The fourth-order valence-electron chi connectivity index (χ4n) is 3.83. The Labute approximate surface area is 208 Å². The molecule has 3 aromatic heterocycles. The van der Waals surface area contributed by atoms with Crippen molar-refractivity contribution in [1.29, 1.82) is 0 Å². The minimum atomic E-state index is -0.693. The van der Waals surface area contributed by atoms with Gasteiger partial charge in [0.2, 0.25) is 0 Å². The van der Waals surface area contributed by atoms with Crippen molar-refractivity contribution in [2.24, 2.45) is 7.05 Å². The zero-order valence-electron chi connectivity index (χ0n) is 20.9. The van der Waals surface area contributed by atoms with Gasteiger partial charge in [0.15, 0.2) is 23.0 Å². The van der Waals surface area contributed by atoms with Crippen LogP contribution >= 0.6 is 0 Å². The summed E-state index contributed by atoms with van der Waals surface area (Å²) in [6, 6.07) is 3.69. The molecule has 0 aromatic carbocycles. The number of nitrogens with one attached hydrogen (secondary N) is 1. The van der Waals surface area contributed by atoms with E-state index in [2.05, 4.69) is 25.4 Å². The Bertz CT molecular complexity index is 1350. The smallest absolute Gasteiger partial charge is 0.185 e. The fraction of sp³-hybridized carbons (Fsp3) is 0.360. The number of anilines is 1. The third-order valence-corrected chi connectivity index (χ3v) is 5.64. The van der Waals surface area contributed by atoms with Gasteiger partial charge in [-0.3, -0.25) is 9.67 Å². The zero-order chi connectivity index (χ0) is 25.8. The summed E-state index contributed by atoms with van der Waals surface area (Å²) >= 11 is 0. The molecular formula is C25H29F2N7O2. The van der Waals surface area contributed by atoms with Crippen molar-refractivity contribution in [3.8, 4) is 11.3 Å². The number of aryl methyl sites for hydroxylation is 1. The number of hydrogen-bond acceptors (Lipinski definition) is 8. The Kier molecular flexibility index (Phi) is 7.58. The Balaban J connectivity index is 1.80. The zero-order valence-corrected chi connectivity index (χ0v) is 20.9. The van der Waals surface area contributed by atoms with Crippen LogP contribution < -0.4 is 10.2 Å². The largest absolute Gasteiger partial charge is 0.494 e. The lowest BCUT2D eigenvalue weighted by Crippen LogP contribution is -2.35. The monoisotopic (exact) mass is 497 g/mol. The van der Waals surface area contributed by atoms with Crippen molar-refractivity contribution in [2.45, 2.75) is 26.3 Å². The predicted molar refractivity (Wildman–Crippen MR) is 133 cm³/mol. The van der Waals surface area contributed by atoms with Crippen molar-refractivity contribution < 1.29 is 18.3 Å². The molecule has 0 radical (unpaired) electrons. The maximum Gasteiger partial charge on any atom is 0.185 e. The van der Waals surface area contributed by atoms with Crippen LogP contribution in [0.2, 0.25) is 0 Å². The van der Waals surface area contributed by atoms with Crippen LogP contribution in [0.5, 0.6) is 0 Å². The summed E-state index contributed by atoms with van der Waals surface area (Å²) in [5, 5.41) is 7.49. The van der Waals surface area contributed by atoms with Crippen molar-refractivity contribution in [1.82, 2.24) is 30.0 Å². The van der Waals surface area contributed by atoms with Crippen LogP contribution in [0.25, 0.3) is 22.4 Å². The van der Waals surface area contributed by atoms with E-state index >= 15 is 8.78 Å². The van der Waals surface area contributed by atoms with Crippen LogP contribution in [-0.2, 0) is 16.5 Å². The third kappa shape index (κ3) is 5.35. The van der Waals surface area contributed by atoms with Crippen molar-refractivity contribution in [3.05, 3.63) is 65.7 Å². The van der Waals surface area contributed by atoms with E-state index in [-0.39, 0.29) is 29.7 Å². The Morgan fingerprint density at radius 2 is 1.94 bits per heavy atom. The number of fused-ring (bicyclic) bond motifs is 1. The molecular weight excluding hydrogens is 468 g/mol. The topological polar surface area (TPSA) is 90.2 Å². The second kappa shape index (κ2) is 10.8. The molecule has 3 heterocycles. The number of nitrogens with zero attached hydrogens (tertiary/aromatic N) is 6. The molecule has 11 heteroatoms. The Morgan fingerprint density at radius 3 is 2.61 bits per heavy atom. The molecule has 1 aliphatic carbocycles. The number of aromatic nitrogens is 5. The first kappa shape index (κ1) is 25.2. The summed E-state index contributed by atoms with van der Waals surface area (Å²) in [6.07, 6.45) is 6.05. The molecule has 9 nitrogen and oxygen atoms in total. The van der Waals surface area contributed by atoms with E-state index in [4.69, 9.17) is 9.47 Å². The molecule has 1 aliphatic rings. The van der Waals surface area contributed by atoms with E-state index in [9.17, 15) is 0 Å². The highest BCUT2D eigenvalue weighted by Gasteiger charge is 2.27. The summed E-state index contributed by atoms with van der Waals surface area (Å²) in [5.74, 6) is -1.12. The van der Waals surface area contributed by atoms with Gasteiger partial charge in [-0.2, -0.15) is 5.10 Å². The summed E-state index contributed by atoms with van der Waals surface area (Å²) in [6.45, 7) is 4.85. The Hall–Kier alpha value is -3.86. The van der Waals surface area contributed by atoms with Crippen LogP contribution in [0, 0.1) is 0 Å². The van der Waals surface area contributed by atoms with Gasteiger partial charge in [0, 0.05) is 50.4 Å². The van der Waals surface area contributed by atoms with Gasteiger partial charge < -0.3 is 19.7 Å². The van der Waals surface area contributed by atoms with E-state index in [1.54, 1.807) is 34.1 Å². The third-order valence-electron chi connectivity index (χ3n) is 5.64. The molecule has 3 aromatic rings. The van der Waals surface area contributed by atoms with Gasteiger partial charge in [-0.05, 0) is 12.1 Å². The molecule has 0 saturated carbocycles. The van der Waals surface area contributed by atoms with Gasteiger partial charge in [0.25, 0.3) is 0 Å². The molecule has 0 atom stereocenters. The second-order valence-electron chi connectivity index (χ2n) is 8.55. The molecule has 0 bridgehead atoms. The SMILES string of the molecule is COC1=CC(OC)=C(F)CC(N(CCNC(C)C)c2ccc3ncc(-c4cnn(C)c4)nc3n2)=C1F. The van der Waals surface area contributed by atoms with Crippen LogP contribution in [0.4, 0.5) is 14.6 Å². The predicted octanol–water partition coefficient (Wildman–Crippen LogP) is 4.17. The lowest BCUT2D eigenvalue weighted by Gasteiger charge is -2.27. The molecule has 0 unspecified atom stereocenters. The average Bonchev–Trinajstić information content (AvgIpc) is 3.26. The fourth-order valence-corrected chi connectivity index (χ4v) is 3.83. The van der Waals surface area contributed by atoms with Crippen molar-refractivity contribution in [2.75, 3.05) is 32.2 Å². The van der Waals surface area contributed by atoms with E-state index in [1.807, 2.05) is 27.1 Å². The number of hydrogen-bond donors (Lipinski definition) is 1. The van der Waals surface area contributed by atoms with Gasteiger partial charge in [-0.25, -0.2) is 18.7 Å². The highest BCUT2D eigenvalue weighted by molar-refractivity contribution is 5.75. The van der Waals surface area contributed by atoms with Crippen LogP contribution in [0.1, 0.15) is 20.3 Å². The first-order chi connectivity index (χ1) is 17.3. The normalized spacial score (nSPS) is 14.4. The van der Waals surface area contributed by atoms with Gasteiger partial charge in [-0.1, -0.05) is 13.8 Å². The first-order valence-electron chi connectivity index (χ1n) is 11.5. The van der Waals surface area contributed by atoms with Crippen molar-refractivity contribution >= 4 is 17.0 Å². The summed E-state index contributed by atoms with van der Waals surface area (Å²) in [4.78, 5) is 15.4. The number of ether oxygens (including phenoxy) is 2. The molecule has 190 valence electrons. The first-order valence-corrected chi connectivity index (χ1v) is 11.5. The number of pyridine rings is 1. The molecule has 0 aliphatic heterocycles. The standard InChI is InChI=1S/C25H29F2N7O2/c1-15(2)28-8-9-34(20-10-17(26)21(35-4)11-22(36-5)24(20)27)23-7-6-18-25(32-23)31-19(13-29-18)16-12-30-33(3)14-16/h6-7,11-15,28H,8-10H2,1-5H3. The quantitative estimate of drug-likeness (QED) is 0.471. The van der Waals surface area contributed by atoms with E-state index in [0.717, 1.165) is 5.56 Å². The maximum absolute atomic E-state index is 15.7. The molecule has 0 spiro atoms. The minimum absolute atomic E-state index is 0.0708. The number of methoxy groups -OCH3 is 2. The van der Waals surface area contributed by atoms with Gasteiger partial charge in [0.1, 0.15) is 17.2 Å². The molecule has 0 fully saturated rings. The number of rotatable bonds is 9. The number of halogens is 2. The Morgan fingerprint density at radius 1 is 1.14 bits per heavy atom. The van der Waals surface area contributed by atoms with Gasteiger partial charge >= 0.3 is 0 Å².